The van der Waals surface area contributed by atoms with E-state index >= 15 is 0 Å². The van der Waals surface area contributed by atoms with E-state index in [0.717, 1.165) is 36.5 Å². The van der Waals surface area contributed by atoms with Crippen molar-refractivity contribution in [2.24, 2.45) is 0 Å². The summed E-state index contributed by atoms with van der Waals surface area (Å²) in [4.78, 5) is 41.3. The summed E-state index contributed by atoms with van der Waals surface area (Å²) in [5.41, 5.74) is 2.37. The number of hydrogen-bond donors (Lipinski definition) is 1. The molecule has 0 bridgehead atoms. The summed E-state index contributed by atoms with van der Waals surface area (Å²) in [7, 11) is 0. The summed E-state index contributed by atoms with van der Waals surface area (Å²) in [6.07, 6.45) is 2.27. The quantitative estimate of drug-likeness (QED) is 0.848. The van der Waals surface area contributed by atoms with Gasteiger partial charge >= 0.3 is 0 Å². The summed E-state index contributed by atoms with van der Waals surface area (Å²) >= 11 is 0. The Morgan fingerprint density at radius 3 is 2.11 bits per heavy atom. The van der Waals surface area contributed by atoms with E-state index in [1.807, 2.05) is 24.3 Å². The van der Waals surface area contributed by atoms with Gasteiger partial charge in [0.15, 0.2) is 0 Å². The molecule has 0 aliphatic carbocycles. The van der Waals surface area contributed by atoms with Crippen LogP contribution in [0.2, 0.25) is 0 Å². The Balaban J connectivity index is 1.55. The highest BCUT2D eigenvalue weighted by molar-refractivity contribution is 6.23. The van der Waals surface area contributed by atoms with Crippen molar-refractivity contribution >= 4 is 29.1 Å². The van der Waals surface area contributed by atoms with Crippen LogP contribution in [0.5, 0.6) is 0 Å². The minimum Gasteiger partial charge on any atom is -0.370 e. The number of carbonyl (C=O) groups is 3. The molecule has 0 spiro atoms. The van der Waals surface area contributed by atoms with E-state index in [0.29, 0.717) is 16.8 Å². The van der Waals surface area contributed by atoms with Crippen molar-refractivity contribution in [1.29, 1.82) is 0 Å². The van der Waals surface area contributed by atoms with Gasteiger partial charge in [0, 0.05) is 13.1 Å². The number of nitrogens with zero attached hydrogens (tertiary/aromatic N) is 2. The summed E-state index contributed by atoms with van der Waals surface area (Å²) in [5, 5.41) is 2.91. The second kappa shape index (κ2) is 6.87. The molecule has 2 aliphatic rings. The number of amides is 3. The maximum Gasteiger partial charge on any atom is 0.262 e. The van der Waals surface area contributed by atoms with Crippen LogP contribution in [0.1, 0.15) is 40.5 Å². The highest BCUT2D eigenvalue weighted by atomic mass is 16.2. The number of fused-ring (bicyclic) bond motifs is 1. The first-order valence-electron chi connectivity index (χ1n) is 9.19. The molecule has 3 amide bonds. The van der Waals surface area contributed by atoms with Gasteiger partial charge in [-0.2, -0.15) is 0 Å². The van der Waals surface area contributed by atoms with Crippen molar-refractivity contribution in [3.63, 3.8) is 0 Å². The topological polar surface area (TPSA) is 69.7 Å². The van der Waals surface area contributed by atoms with Crippen molar-refractivity contribution in [2.75, 3.05) is 23.3 Å². The van der Waals surface area contributed by atoms with E-state index in [2.05, 4.69) is 10.2 Å². The van der Waals surface area contributed by atoms with Crippen molar-refractivity contribution in [3.8, 4) is 0 Å². The smallest absolute Gasteiger partial charge is 0.262 e. The predicted octanol–water partition coefficient (Wildman–Crippen LogP) is 2.91. The van der Waals surface area contributed by atoms with Gasteiger partial charge in [-0.1, -0.05) is 24.3 Å². The molecule has 27 heavy (non-hydrogen) atoms. The number of rotatable bonds is 4. The maximum absolute atomic E-state index is 12.8. The molecule has 6 nitrogen and oxygen atoms in total. The Hall–Kier alpha value is -3.15. The predicted molar refractivity (Wildman–Crippen MR) is 103 cm³/mol. The van der Waals surface area contributed by atoms with Crippen LogP contribution in [0.25, 0.3) is 0 Å². The van der Waals surface area contributed by atoms with Gasteiger partial charge in [-0.05, 0) is 44.0 Å². The van der Waals surface area contributed by atoms with Crippen LogP contribution in [-0.4, -0.2) is 41.8 Å². The van der Waals surface area contributed by atoms with Gasteiger partial charge in [-0.25, -0.2) is 0 Å². The molecule has 1 N–H and O–H groups in total. The highest BCUT2D eigenvalue weighted by Crippen LogP contribution is 2.30. The number of anilines is 2. The molecule has 0 aromatic heterocycles. The molecular formula is C21H21N3O3. The van der Waals surface area contributed by atoms with Gasteiger partial charge in [0.05, 0.1) is 22.5 Å². The number of hydrogen-bond acceptors (Lipinski definition) is 4. The molecule has 0 radical (unpaired) electrons. The number of nitrogens with one attached hydrogen (secondary N) is 1. The van der Waals surface area contributed by atoms with Crippen LogP contribution in [0.4, 0.5) is 11.4 Å². The Morgan fingerprint density at radius 2 is 1.48 bits per heavy atom. The molecule has 1 atom stereocenters. The lowest BCUT2D eigenvalue weighted by Crippen LogP contribution is -2.45. The zero-order chi connectivity index (χ0) is 19.0. The molecule has 2 aromatic carbocycles. The first kappa shape index (κ1) is 17.3. The largest absolute Gasteiger partial charge is 0.370 e. The highest BCUT2D eigenvalue weighted by Gasteiger charge is 2.40. The van der Waals surface area contributed by atoms with Crippen LogP contribution in [0.3, 0.4) is 0 Å². The lowest BCUT2D eigenvalue weighted by Gasteiger charge is -2.25. The Kier molecular flexibility index (Phi) is 4.39. The Labute approximate surface area is 157 Å². The standard InChI is InChI=1S/C21H21N3O3/c1-14(24-20(26)15-8-2-3-9-16(15)21(24)27)19(25)22-17-10-4-5-11-18(17)23-12-6-7-13-23/h2-5,8-11,14H,6-7,12-13H2,1H3,(H,22,25). The Bertz CT molecular complexity index is 883. The van der Waals surface area contributed by atoms with Crippen LogP contribution < -0.4 is 10.2 Å². The third kappa shape index (κ3) is 2.97. The van der Waals surface area contributed by atoms with Gasteiger partial charge < -0.3 is 10.2 Å². The fourth-order valence-electron chi connectivity index (χ4n) is 3.73. The van der Waals surface area contributed by atoms with Crippen LogP contribution >= 0.6 is 0 Å². The van der Waals surface area contributed by atoms with Gasteiger partial charge in [0.1, 0.15) is 6.04 Å². The molecule has 2 aromatic rings. The zero-order valence-corrected chi connectivity index (χ0v) is 15.1. The number of benzene rings is 2. The van der Waals surface area contributed by atoms with Crippen LogP contribution in [0.15, 0.2) is 48.5 Å². The molecule has 6 heteroatoms. The van der Waals surface area contributed by atoms with E-state index in [4.69, 9.17) is 0 Å². The van der Waals surface area contributed by atoms with Gasteiger partial charge in [-0.3, -0.25) is 19.3 Å². The normalized spacial score (nSPS) is 17.2. The molecule has 1 fully saturated rings. The lowest BCUT2D eigenvalue weighted by atomic mass is 10.1. The van der Waals surface area contributed by atoms with Crippen molar-refractivity contribution in [3.05, 3.63) is 59.7 Å². The summed E-state index contributed by atoms with van der Waals surface area (Å²) in [6, 6.07) is 13.4. The average molecular weight is 363 g/mol. The van der Waals surface area contributed by atoms with Gasteiger partial charge in [-0.15, -0.1) is 0 Å². The van der Waals surface area contributed by atoms with E-state index in [1.165, 1.54) is 0 Å². The molecular weight excluding hydrogens is 342 g/mol. The zero-order valence-electron chi connectivity index (χ0n) is 15.1. The van der Waals surface area contributed by atoms with E-state index < -0.39 is 17.9 Å². The molecule has 4 rings (SSSR count). The molecule has 138 valence electrons. The lowest BCUT2D eigenvalue weighted by molar-refractivity contribution is -0.119. The summed E-state index contributed by atoms with van der Waals surface area (Å²) in [6.45, 7) is 3.50. The van der Waals surface area contributed by atoms with Crippen LogP contribution in [0, 0.1) is 0 Å². The molecule has 2 aliphatic heterocycles. The summed E-state index contributed by atoms with van der Waals surface area (Å²) in [5.74, 6) is -1.23. The second-order valence-electron chi connectivity index (χ2n) is 6.90. The average Bonchev–Trinajstić information content (AvgIpc) is 3.30. The monoisotopic (exact) mass is 363 g/mol. The molecule has 2 heterocycles. The number of imide groups is 1. The number of para-hydroxylation sites is 2. The first-order chi connectivity index (χ1) is 13.1. The second-order valence-corrected chi connectivity index (χ2v) is 6.90. The van der Waals surface area contributed by atoms with E-state index in [1.54, 1.807) is 31.2 Å². The van der Waals surface area contributed by atoms with Crippen molar-refractivity contribution < 1.29 is 14.4 Å². The third-order valence-corrected chi connectivity index (χ3v) is 5.20. The molecule has 0 saturated carbocycles. The number of carbonyl (C=O) groups excluding carboxylic acids is 3. The minimum atomic E-state index is -0.899. The van der Waals surface area contributed by atoms with Crippen molar-refractivity contribution in [1.82, 2.24) is 4.90 Å². The van der Waals surface area contributed by atoms with Gasteiger partial charge in [0.25, 0.3) is 11.8 Å². The third-order valence-electron chi connectivity index (χ3n) is 5.20. The minimum absolute atomic E-state index is 0.347. The van der Waals surface area contributed by atoms with Crippen LogP contribution in [-0.2, 0) is 4.79 Å². The SMILES string of the molecule is CC(C(=O)Nc1ccccc1N1CCCC1)N1C(=O)c2ccccc2C1=O. The maximum atomic E-state index is 12.8. The first-order valence-corrected chi connectivity index (χ1v) is 9.19. The fraction of sp³-hybridized carbons (Fsp3) is 0.286. The molecule has 1 saturated heterocycles. The van der Waals surface area contributed by atoms with E-state index in [9.17, 15) is 14.4 Å². The molecule has 1 unspecified atom stereocenters. The summed E-state index contributed by atoms with van der Waals surface area (Å²) < 4.78 is 0. The Morgan fingerprint density at radius 1 is 0.926 bits per heavy atom. The fourth-order valence-corrected chi connectivity index (χ4v) is 3.73. The van der Waals surface area contributed by atoms with Gasteiger partial charge in [0.2, 0.25) is 5.91 Å². The van der Waals surface area contributed by atoms with Crippen molar-refractivity contribution in [2.45, 2.75) is 25.8 Å². The van der Waals surface area contributed by atoms with E-state index in [-0.39, 0.29) is 5.91 Å².